The Kier molecular flexibility index (Phi) is 4.08. The van der Waals surface area contributed by atoms with Crippen LogP contribution in [0.2, 0.25) is 0 Å². The topological polar surface area (TPSA) is 95.6 Å². The van der Waals surface area contributed by atoms with Gasteiger partial charge in [-0.15, -0.1) is 11.3 Å². The lowest BCUT2D eigenvalue weighted by Gasteiger charge is -2.11. The van der Waals surface area contributed by atoms with Crippen LogP contribution in [0.15, 0.2) is 28.2 Å². The van der Waals surface area contributed by atoms with Crippen molar-refractivity contribution >= 4 is 17.2 Å². The van der Waals surface area contributed by atoms with Gasteiger partial charge in [0.1, 0.15) is 5.69 Å². The molecule has 2 aromatic heterocycles. The highest BCUT2D eigenvalue weighted by molar-refractivity contribution is 7.13. The maximum absolute atomic E-state index is 11.7. The molecule has 7 heteroatoms. The molecule has 2 rings (SSSR count). The summed E-state index contributed by atoms with van der Waals surface area (Å²) >= 11 is 1.29. The monoisotopic (exact) mass is 268 g/mol. The molecule has 96 valence electrons. The maximum Gasteiger partial charge on any atom is 0.271 e. The van der Waals surface area contributed by atoms with Crippen molar-refractivity contribution in [2.75, 3.05) is 13.2 Å². The average molecular weight is 268 g/mol. The van der Waals surface area contributed by atoms with Crippen LogP contribution in [0.25, 0.3) is 10.8 Å². The Morgan fingerprint density at radius 1 is 1.50 bits per heavy atom. The third-order valence-corrected chi connectivity index (χ3v) is 3.10. The molecule has 0 bridgehead atoms. The molecule has 2 aromatic rings. The molecule has 6 nitrogen and oxygen atoms in total. The number of aliphatic hydroxyl groups is 2. The van der Waals surface area contributed by atoms with E-state index in [0.717, 1.165) is 0 Å². The molecule has 0 aromatic carbocycles. The molecule has 0 atom stereocenters. The van der Waals surface area contributed by atoms with Crippen molar-refractivity contribution < 1.29 is 19.4 Å². The number of hydrogen-bond donors (Lipinski definition) is 3. The summed E-state index contributed by atoms with van der Waals surface area (Å²) in [5.41, 5.74) is 0.235. The van der Waals surface area contributed by atoms with Crippen LogP contribution in [0.5, 0.6) is 0 Å². The molecule has 0 aliphatic rings. The lowest BCUT2D eigenvalue weighted by atomic mass is 10.3. The number of thiazole rings is 1. The van der Waals surface area contributed by atoms with Crippen molar-refractivity contribution in [3.63, 3.8) is 0 Å². The highest BCUT2D eigenvalue weighted by Gasteiger charge is 2.16. The molecular formula is C11H12N2O4S. The molecule has 0 saturated carbocycles. The van der Waals surface area contributed by atoms with Gasteiger partial charge in [0.25, 0.3) is 5.91 Å². The minimum absolute atomic E-state index is 0.235. The van der Waals surface area contributed by atoms with E-state index in [0.29, 0.717) is 10.8 Å². The second kappa shape index (κ2) is 5.76. The molecule has 0 spiro atoms. The number of furan rings is 1. The molecule has 0 aliphatic carbocycles. The molecular weight excluding hydrogens is 256 g/mol. The van der Waals surface area contributed by atoms with Gasteiger partial charge in [-0.3, -0.25) is 4.79 Å². The summed E-state index contributed by atoms with van der Waals surface area (Å²) in [6.07, 6.45) is 1.53. The zero-order chi connectivity index (χ0) is 13.0. The summed E-state index contributed by atoms with van der Waals surface area (Å²) in [4.78, 5) is 15.9. The maximum atomic E-state index is 11.7. The predicted octanol–water partition coefficient (Wildman–Crippen LogP) is 0.486. The Morgan fingerprint density at radius 2 is 2.28 bits per heavy atom. The van der Waals surface area contributed by atoms with E-state index >= 15 is 0 Å². The smallest absolute Gasteiger partial charge is 0.271 e. The van der Waals surface area contributed by atoms with E-state index < -0.39 is 11.9 Å². The normalized spacial score (nSPS) is 10.8. The molecule has 1 amide bonds. The van der Waals surface area contributed by atoms with Gasteiger partial charge in [-0.2, -0.15) is 0 Å². The zero-order valence-corrected chi connectivity index (χ0v) is 10.2. The molecule has 18 heavy (non-hydrogen) atoms. The van der Waals surface area contributed by atoms with Crippen molar-refractivity contribution in [2.45, 2.75) is 6.04 Å². The van der Waals surface area contributed by atoms with Crippen molar-refractivity contribution in [3.05, 3.63) is 29.5 Å². The first-order valence-electron chi connectivity index (χ1n) is 5.26. The summed E-state index contributed by atoms with van der Waals surface area (Å²) in [5, 5.41) is 22.4. The van der Waals surface area contributed by atoms with Gasteiger partial charge >= 0.3 is 0 Å². The van der Waals surface area contributed by atoms with Crippen LogP contribution in [0.3, 0.4) is 0 Å². The minimum atomic E-state index is -0.675. The standard InChI is InChI=1S/C11H12N2O4S/c14-4-7(5-15)12-10(16)8-6-18-11(13-8)9-2-1-3-17-9/h1-3,6-7,14-15H,4-5H2,(H,12,16). The Morgan fingerprint density at radius 3 is 2.89 bits per heavy atom. The van der Waals surface area contributed by atoms with Crippen LogP contribution < -0.4 is 5.32 Å². The highest BCUT2D eigenvalue weighted by atomic mass is 32.1. The summed E-state index contributed by atoms with van der Waals surface area (Å²) < 4.78 is 5.17. The van der Waals surface area contributed by atoms with Crippen LogP contribution in [0.4, 0.5) is 0 Å². The summed E-state index contributed by atoms with van der Waals surface area (Å²) in [6, 6.07) is 2.82. The first kappa shape index (κ1) is 12.7. The lowest BCUT2D eigenvalue weighted by Crippen LogP contribution is -2.40. The number of aromatic nitrogens is 1. The van der Waals surface area contributed by atoms with Crippen molar-refractivity contribution in [2.24, 2.45) is 0 Å². The van der Waals surface area contributed by atoms with Crippen molar-refractivity contribution in [3.8, 4) is 10.8 Å². The number of amides is 1. The van der Waals surface area contributed by atoms with E-state index in [9.17, 15) is 4.79 Å². The third kappa shape index (κ3) is 2.76. The Hall–Kier alpha value is -1.70. The van der Waals surface area contributed by atoms with Gasteiger partial charge in [0.15, 0.2) is 10.8 Å². The van der Waals surface area contributed by atoms with Crippen molar-refractivity contribution in [1.29, 1.82) is 0 Å². The number of aliphatic hydroxyl groups excluding tert-OH is 2. The first-order chi connectivity index (χ1) is 8.74. The summed E-state index contributed by atoms with van der Waals surface area (Å²) in [7, 11) is 0. The Labute approximate surface area is 107 Å². The highest BCUT2D eigenvalue weighted by Crippen LogP contribution is 2.23. The van der Waals surface area contributed by atoms with Crippen LogP contribution >= 0.6 is 11.3 Å². The molecule has 0 aliphatic heterocycles. The number of carbonyl (C=O) groups is 1. The van der Waals surface area contributed by atoms with E-state index in [1.54, 1.807) is 17.5 Å². The van der Waals surface area contributed by atoms with Crippen LogP contribution in [0, 0.1) is 0 Å². The Balaban J connectivity index is 2.08. The van der Waals surface area contributed by atoms with Gasteiger partial charge in [-0.05, 0) is 12.1 Å². The Bertz CT molecular complexity index is 505. The van der Waals surface area contributed by atoms with Gasteiger partial charge in [0.2, 0.25) is 0 Å². The van der Waals surface area contributed by atoms with Gasteiger partial charge < -0.3 is 19.9 Å². The number of rotatable bonds is 5. The molecule has 0 saturated heterocycles. The van der Waals surface area contributed by atoms with Crippen LogP contribution in [-0.4, -0.2) is 40.4 Å². The lowest BCUT2D eigenvalue weighted by molar-refractivity contribution is 0.0875. The molecule has 2 heterocycles. The average Bonchev–Trinajstić information content (AvgIpc) is 3.04. The van der Waals surface area contributed by atoms with Gasteiger partial charge in [0, 0.05) is 5.38 Å². The molecule has 0 unspecified atom stereocenters. The summed E-state index contributed by atoms with van der Waals surface area (Å²) in [5.74, 6) is 0.164. The quantitative estimate of drug-likeness (QED) is 0.733. The van der Waals surface area contributed by atoms with Crippen LogP contribution in [-0.2, 0) is 0 Å². The van der Waals surface area contributed by atoms with Gasteiger partial charge in [-0.25, -0.2) is 4.98 Å². The number of hydrogen-bond acceptors (Lipinski definition) is 6. The second-order valence-electron chi connectivity index (χ2n) is 3.55. The fourth-order valence-corrected chi connectivity index (χ4v) is 2.07. The molecule has 3 N–H and O–H groups in total. The second-order valence-corrected chi connectivity index (χ2v) is 4.41. The fourth-order valence-electron chi connectivity index (χ4n) is 1.30. The van der Waals surface area contributed by atoms with Gasteiger partial charge in [0.05, 0.1) is 25.5 Å². The van der Waals surface area contributed by atoms with Crippen molar-refractivity contribution in [1.82, 2.24) is 10.3 Å². The van der Waals surface area contributed by atoms with Gasteiger partial charge in [-0.1, -0.05) is 0 Å². The van der Waals surface area contributed by atoms with Crippen LogP contribution in [0.1, 0.15) is 10.5 Å². The molecule has 0 radical (unpaired) electrons. The zero-order valence-electron chi connectivity index (χ0n) is 9.37. The largest absolute Gasteiger partial charge is 0.462 e. The number of nitrogens with one attached hydrogen (secondary N) is 1. The number of nitrogens with zero attached hydrogens (tertiary/aromatic N) is 1. The SMILES string of the molecule is O=C(NC(CO)CO)c1csc(-c2ccco2)n1. The van der Waals surface area contributed by atoms with E-state index in [1.807, 2.05) is 0 Å². The predicted molar refractivity (Wildman–Crippen MR) is 65.2 cm³/mol. The summed E-state index contributed by atoms with van der Waals surface area (Å²) in [6.45, 7) is -0.644. The van der Waals surface area contributed by atoms with E-state index in [1.165, 1.54) is 17.6 Å². The third-order valence-electron chi connectivity index (χ3n) is 2.24. The van der Waals surface area contributed by atoms with E-state index in [4.69, 9.17) is 14.6 Å². The van der Waals surface area contributed by atoms with E-state index in [-0.39, 0.29) is 18.9 Å². The first-order valence-corrected chi connectivity index (χ1v) is 6.14. The number of carbonyl (C=O) groups excluding carboxylic acids is 1. The van der Waals surface area contributed by atoms with E-state index in [2.05, 4.69) is 10.3 Å². The molecule has 0 fully saturated rings. The minimum Gasteiger partial charge on any atom is -0.462 e. The fraction of sp³-hybridized carbons (Fsp3) is 0.273.